The summed E-state index contributed by atoms with van der Waals surface area (Å²) in [4.78, 5) is 17.5. The summed E-state index contributed by atoms with van der Waals surface area (Å²) in [6, 6.07) is 25.5. The Hall–Kier alpha value is -3.37. The van der Waals surface area contributed by atoms with Gasteiger partial charge in [0, 0.05) is 35.6 Å². The standard InChI is InChI=1S/C28H24N2OS/c1-29-18-24(22-11-4-5-12-25(22)29)28(31)30-15-13-27-23(14-16-32-27)26(30)17-20-9-6-8-19-7-2-3-10-21(19)20/h2-12,14,16,18,26H,13,15,17H2,1H3. The molecule has 3 heterocycles. The van der Waals surface area contributed by atoms with Gasteiger partial charge in [-0.05, 0) is 52.3 Å². The van der Waals surface area contributed by atoms with Gasteiger partial charge in [-0.2, -0.15) is 0 Å². The van der Waals surface area contributed by atoms with Gasteiger partial charge in [0.15, 0.2) is 0 Å². The van der Waals surface area contributed by atoms with Crippen LogP contribution in [0.5, 0.6) is 0 Å². The minimum atomic E-state index is 0.0438. The number of hydrogen-bond donors (Lipinski definition) is 0. The molecule has 1 aliphatic heterocycles. The van der Waals surface area contributed by atoms with Crippen LogP contribution in [-0.4, -0.2) is 21.9 Å². The molecule has 1 amide bonds. The van der Waals surface area contributed by atoms with Gasteiger partial charge in [0.2, 0.25) is 0 Å². The molecule has 1 unspecified atom stereocenters. The summed E-state index contributed by atoms with van der Waals surface area (Å²) in [6.45, 7) is 0.755. The first-order chi connectivity index (χ1) is 15.7. The molecular formula is C28H24N2OS. The maximum absolute atomic E-state index is 13.9. The van der Waals surface area contributed by atoms with Crippen molar-refractivity contribution in [2.45, 2.75) is 18.9 Å². The second kappa shape index (κ2) is 7.64. The third-order valence-electron chi connectivity index (χ3n) is 6.78. The quantitative estimate of drug-likeness (QED) is 0.322. The van der Waals surface area contributed by atoms with E-state index in [9.17, 15) is 4.79 Å². The van der Waals surface area contributed by atoms with E-state index in [4.69, 9.17) is 0 Å². The van der Waals surface area contributed by atoms with E-state index in [1.165, 1.54) is 26.8 Å². The first kappa shape index (κ1) is 19.3. The Kier molecular flexibility index (Phi) is 4.62. The number of nitrogens with zero attached hydrogens (tertiary/aromatic N) is 2. The van der Waals surface area contributed by atoms with E-state index in [1.54, 1.807) is 0 Å². The smallest absolute Gasteiger partial charge is 0.256 e. The third-order valence-corrected chi connectivity index (χ3v) is 7.77. The number of benzene rings is 3. The molecule has 1 atom stereocenters. The van der Waals surface area contributed by atoms with Gasteiger partial charge in [0.25, 0.3) is 5.91 Å². The predicted octanol–water partition coefficient (Wildman–Crippen LogP) is 6.38. The number of rotatable bonds is 3. The molecule has 0 saturated heterocycles. The highest BCUT2D eigenvalue weighted by molar-refractivity contribution is 7.10. The number of para-hydroxylation sites is 1. The Morgan fingerprint density at radius 1 is 0.969 bits per heavy atom. The number of carbonyl (C=O) groups excluding carboxylic acids is 1. The Balaban J connectivity index is 1.44. The molecule has 0 aliphatic carbocycles. The minimum Gasteiger partial charge on any atom is -0.350 e. The van der Waals surface area contributed by atoms with Gasteiger partial charge in [-0.15, -0.1) is 11.3 Å². The van der Waals surface area contributed by atoms with Crippen molar-refractivity contribution in [1.29, 1.82) is 0 Å². The lowest BCUT2D eigenvalue weighted by Crippen LogP contribution is -2.40. The molecule has 4 heteroatoms. The van der Waals surface area contributed by atoms with Crippen LogP contribution in [0, 0.1) is 0 Å². The first-order valence-electron chi connectivity index (χ1n) is 11.1. The summed E-state index contributed by atoms with van der Waals surface area (Å²) in [5.74, 6) is 0.129. The summed E-state index contributed by atoms with van der Waals surface area (Å²) in [6.07, 6.45) is 3.74. The van der Waals surface area contributed by atoms with Crippen molar-refractivity contribution < 1.29 is 4.79 Å². The summed E-state index contributed by atoms with van der Waals surface area (Å²) >= 11 is 1.82. The predicted molar refractivity (Wildman–Crippen MR) is 132 cm³/mol. The molecule has 0 N–H and O–H groups in total. The molecule has 0 fully saturated rings. The second-order valence-electron chi connectivity index (χ2n) is 8.58. The Bertz CT molecular complexity index is 1460. The summed E-state index contributed by atoms with van der Waals surface area (Å²) in [7, 11) is 2.01. The van der Waals surface area contributed by atoms with E-state index in [0.717, 1.165) is 35.9 Å². The van der Waals surface area contributed by atoms with Crippen LogP contribution in [0.2, 0.25) is 0 Å². The number of aromatic nitrogens is 1. The highest BCUT2D eigenvalue weighted by Crippen LogP contribution is 2.38. The van der Waals surface area contributed by atoms with Crippen molar-refractivity contribution in [3.05, 3.63) is 106 Å². The molecule has 0 saturated carbocycles. The highest BCUT2D eigenvalue weighted by atomic mass is 32.1. The fourth-order valence-electron chi connectivity index (χ4n) is 5.21. The van der Waals surface area contributed by atoms with Crippen molar-refractivity contribution in [2.24, 2.45) is 7.05 Å². The van der Waals surface area contributed by atoms with Gasteiger partial charge in [0.05, 0.1) is 11.6 Å². The van der Waals surface area contributed by atoms with Gasteiger partial charge in [-0.3, -0.25) is 4.79 Å². The second-order valence-corrected chi connectivity index (χ2v) is 9.58. The van der Waals surface area contributed by atoms with Gasteiger partial charge < -0.3 is 9.47 Å². The zero-order valence-electron chi connectivity index (χ0n) is 18.0. The molecule has 1 aliphatic rings. The number of hydrogen-bond acceptors (Lipinski definition) is 2. The fraction of sp³-hybridized carbons (Fsp3) is 0.179. The molecule has 6 rings (SSSR count). The highest BCUT2D eigenvalue weighted by Gasteiger charge is 2.33. The maximum Gasteiger partial charge on any atom is 0.256 e. The van der Waals surface area contributed by atoms with E-state index in [1.807, 2.05) is 36.7 Å². The number of aryl methyl sites for hydroxylation is 1. The van der Waals surface area contributed by atoms with Crippen molar-refractivity contribution in [3.8, 4) is 0 Å². The summed E-state index contributed by atoms with van der Waals surface area (Å²) in [5, 5.41) is 5.72. The van der Waals surface area contributed by atoms with E-state index in [-0.39, 0.29) is 11.9 Å². The van der Waals surface area contributed by atoms with Crippen LogP contribution in [0.3, 0.4) is 0 Å². The van der Waals surface area contributed by atoms with Crippen LogP contribution >= 0.6 is 11.3 Å². The Morgan fingerprint density at radius 2 is 1.75 bits per heavy atom. The fourth-order valence-corrected chi connectivity index (χ4v) is 6.13. The maximum atomic E-state index is 13.9. The van der Waals surface area contributed by atoms with Gasteiger partial charge in [-0.1, -0.05) is 60.7 Å². The topological polar surface area (TPSA) is 25.2 Å². The van der Waals surface area contributed by atoms with E-state index < -0.39 is 0 Å². The van der Waals surface area contributed by atoms with Crippen LogP contribution in [0.15, 0.2) is 84.4 Å². The summed E-state index contributed by atoms with van der Waals surface area (Å²) in [5.41, 5.74) is 4.49. The van der Waals surface area contributed by atoms with Crippen molar-refractivity contribution in [3.63, 3.8) is 0 Å². The average molecular weight is 437 g/mol. The molecular weight excluding hydrogens is 412 g/mol. The largest absolute Gasteiger partial charge is 0.350 e. The molecule has 3 aromatic carbocycles. The molecule has 0 spiro atoms. The monoisotopic (exact) mass is 436 g/mol. The van der Waals surface area contributed by atoms with Crippen molar-refractivity contribution in [2.75, 3.05) is 6.54 Å². The van der Waals surface area contributed by atoms with Gasteiger partial charge in [-0.25, -0.2) is 0 Å². The lowest BCUT2D eigenvalue weighted by Gasteiger charge is -2.36. The van der Waals surface area contributed by atoms with E-state index in [2.05, 4.69) is 75.5 Å². The first-order valence-corrected chi connectivity index (χ1v) is 12.0. The molecule has 32 heavy (non-hydrogen) atoms. The lowest BCUT2D eigenvalue weighted by molar-refractivity contribution is 0.0664. The van der Waals surface area contributed by atoms with Crippen molar-refractivity contribution >= 4 is 38.9 Å². The molecule has 5 aromatic rings. The average Bonchev–Trinajstić information content (AvgIpc) is 3.44. The third kappa shape index (κ3) is 3.06. The number of carbonyl (C=O) groups is 1. The number of fused-ring (bicyclic) bond motifs is 3. The summed E-state index contributed by atoms with van der Waals surface area (Å²) < 4.78 is 2.06. The van der Waals surface area contributed by atoms with Crippen LogP contribution < -0.4 is 0 Å². The number of thiophene rings is 1. The van der Waals surface area contributed by atoms with E-state index in [0.29, 0.717) is 0 Å². The lowest BCUT2D eigenvalue weighted by atomic mass is 9.91. The SMILES string of the molecule is Cn1cc(C(=O)N2CCc3sccc3C2Cc2cccc3ccccc23)c2ccccc21. The molecule has 2 aromatic heterocycles. The van der Waals surface area contributed by atoms with Crippen LogP contribution in [0.25, 0.3) is 21.7 Å². The van der Waals surface area contributed by atoms with E-state index >= 15 is 0 Å². The van der Waals surface area contributed by atoms with Crippen LogP contribution in [-0.2, 0) is 19.9 Å². The van der Waals surface area contributed by atoms with Gasteiger partial charge >= 0.3 is 0 Å². The normalized spacial score (nSPS) is 15.9. The van der Waals surface area contributed by atoms with Gasteiger partial charge in [0.1, 0.15) is 0 Å². The molecule has 0 bridgehead atoms. The Morgan fingerprint density at radius 3 is 2.66 bits per heavy atom. The minimum absolute atomic E-state index is 0.0438. The Labute approximate surface area is 191 Å². The van der Waals surface area contributed by atoms with Crippen LogP contribution in [0.1, 0.15) is 32.4 Å². The zero-order chi connectivity index (χ0) is 21.7. The molecule has 3 nitrogen and oxygen atoms in total. The zero-order valence-corrected chi connectivity index (χ0v) is 18.8. The molecule has 0 radical (unpaired) electrons. The van der Waals surface area contributed by atoms with Crippen LogP contribution in [0.4, 0.5) is 0 Å². The van der Waals surface area contributed by atoms with Crippen molar-refractivity contribution in [1.82, 2.24) is 9.47 Å². The number of amides is 1. The molecule has 158 valence electrons.